The lowest BCUT2D eigenvalue weighted by molar-refractivity contribution is 0.362. The summed E-state index contributed by atoms with van der Waals surface area (Å²) in [7, 11) is 1.11. The molecule has 1 atom stereocenters. The van der Waals surface area contributed by atoms with Gasteiger partial charge in [0.15, 0.2) is 11.2 Å². The third-order valence-electron chi connectivity index (χ3n) is 7.89. The van der Waals surface area contributed by atoms with Crippen LogP contribution >= 0.6 is 15.9 Å². The number of pyridine rings is 1. The van der Waals surface area contributed by atoms with Gasteiger partial charge in [0.1, 0.15) is 29.2 Å². The highest BCUT2D eigenvalue weighted by atomic mass is 79.9. The standard InChI is InChI=1S/C28H17BrN4O9/c1-42-13-7-12(34)15-16(21(13)35)23(37)18-17(22(15)36)25(39)28(26(18)40)3-2-10-19(28)24(38)14-11(20(10)29)6-9(33-27(14)41)8-32-31-5-4-30/h6-7,38-40H,2-3,5,8H2,1H3,(H,33,41)/t28-/m0/s1. The molecule has 1 heterocycles. The maximum atomic E-state index is 13.6. The molecular formula is C28H17BrN4O9. The summed E-state index contributed by atoms with van der Waals surface area (Å²) in [6.45, 7) is -0.217. The second-order valence-corrected chi connectivity index (χ2v) is 10.6. The van der Waals surface area contributed by atoms with Crippen molar-refractivity contribution < 1.29 is 20.1 Å². The van der Waals surface area contributed by atoms with Crippen molar-refractivity contribution >= 4 is 38.2 Å². The lowest BCUT2D eigenvalue weighted by atomic mass is 9.78. The van der Waals surface area contributed by atoms with Gasteiger partial charge in [-0.15, -0.1) is 0 Å². The first kappa shape index (κ1) is 27.0. The third kappa shape index (κ3) is 3.25. The van der Waals surface area contributed by atoms with Crippen LogP contribution < -0.4 is 42.4 Å². The molecule has 1 aromatic heterocycles. The van der Waals surface area contributed by atoms with Crippen molar-refractivity contribution in [2.45, 2.75) is 24.8 Å². The molecule has 0 saturated carbocycles. The summed E-state index contributed by atoms with van der Waals surface area (Å²) < 4.78 is 5.24. The molecule has 42 heavy (non-hydrogen) atoms. The molecule has 0 saturated heterocycles. The van der Waals surface area contributed by atoms with Gasteiger partial charge in [0.25, 0.3) is 5.56 Å². The number of azo groups is 1. The van der Waals surface area contributed by atoms with E-state index in [-0.39, 0.29) is 42.3 Å². The molecule has 4 aliphatic carbocycles. The Balaban J connectivity index is 1.72. The van der Waals surface area contributed by atoms with Gasteiger partial charge < -0.3 is 25.0 Å². The van der Waals surface area contributed by atoms with Crippen LogP contribution in [0.5, 0.6) is 11.5 Å². The number of aromatic amines is 1. The van der Waals surface area contributed by atoms with Crippen LogP contribution in [-0.4, -0.2) is 34.0 Å². The number of ether oxygens (including phenoxy) is 1. The van der Waals surface area contributed by atoms with E-state index >= 15 is 0 Å². The zero-order valence-electron chi connectivity index (χ0n) is 21.5. The second-order valence-electron chi connectivity index (χ2n) is 9.85. The van der Waals surface area contributed by atoms with E-state index in [1.807, 2.05) is 6.07 Å². The summed E-state index contributed by atoms with van der Waals surface area (Å²) in [5.41, 5.74) is -6.43. The number of nitrogens with one attached hydrogen (secondary N) is 1. The molecule has 4 aliphatic rings. The number of nitriles is 1. The number of H-pyrrole nitrogens is 1. The molecule has 0 bridgehead atoms. The van der Waals surface area contributed by atoms with Gasteiger partial charge in [-0.1, -0.05) is 0 Å². The lowest BCUT2D eigenvalue weighted by Gasteiger charge is -2.27. The van der Waals surface area contributed by atoms with E-state index in [0.29, 0.717) is 15.7 Å². The summed E-state index contributed by atoms with van der Waals surface area (Å²) in [4.78, 5) is 68.6. The number of fused-ring (bicyclic) bond motifs is 4. The van der Waals surface area contributed by atoms with E-state index in [2.05, 4.69) is 31.1 Å². The second kappa shape index (κ2) is 9.18. The number of halogens is 1. The van der Waals surface area contributed by atoms with Crippen LogP contribution in [0.1, 0.15) is 23.2 Å². The molecule has 0 radical (unpaired) electrons. The Labute approximate surface area is 240 Å². The number of aliphatic hydroxyl groups is 2. The number of nitrogens with zero attached hydrogens (tertiary/aromatic N) is 3. The van der Waals surface area contributed by atoms with Crippen LogP contribution in [0.4, 0.5) is 0 Å². The Morgan fingerprint density at radius 1 is 1.00 bits per heavy atom. The molecule has 0 amide bonds. The van der Waals surface area contributed by atoms with Crippen molar-refractivity contribution in [1.82, 2.24) is 4.98 Å². The smallest absolute Gasteiger partial charge is 0.259 e. The van der Waals surface area contributed by atoms with Gasteiger partial charge in [-0.05, 0) is 40.4 Å². The topological polar surface area (TPSA) is 220 Å². The molecule has 14 heteroatoms. The summed E-state index contributed by atoms with van der Waals surface area (Å²) in [5.74, 6) is -2.65. The van der Waals surface area contributed by atoms with Crippen molar-refractivity contribution in [3.05, 3.63) is 106 Å². The zero-order valence-corrected chi connectivity index (χ0v) is 23.1. The Bertz CT molecular complexity index is 2470. The van der Waals surface area contributed by atoms with Crippen LogP contribution in [0, 0.1) is 21.8 Å². The highest BCUT2D eigenvalue weighted by molar-refractivity contribution is 9.10. The largest absolute Gasteiger partial charge is 0.510 e. The fourth-order valence-corrected chi connectivity index (χ4v) is 6.85. The number of aliphatic hydroxyl groups excluding tert-OH is 2. The fraction of sp³-hybridized carbons (Fsp3) is 0.214. The van der Waals surface area contributed by atoms with Crippen LogP contribution in [0.2, 0.25) is 0 Å². The minimum absolute atomic E-state index is 0.0557. The summed E-state index contributed by atoms with van der Waals surface area (Å²) in [5, 5.41) is 47.9. The van der Waals surface area contributed by atoms with Gasteiger partial charge in [0.05, 0.1) is 46.0 Å². The molecule has 0 aliphatic heterocycles. The molecule has 1 aromatic carbocycles. The predicted octanol–water partition coefficient (Wildman–Crippen LogP) is -0.248. The van der Waals surface area contributed by atoms with E-state index in [1.165, 1.54) is 0 Å². The van der Waals surface area contributed by atoms with E-state index in [1.54, 1.807) is 6.07 Å². The normalized spacial score (nSPS) is 17.5. The molecule has 13 nitrogen and oxygen atoms in total. The van der Waals surface area contributed by atoms with Crippen LogP contribution in [0.25, 0.3) is 22.3 Å². The molecule has 6 rings (SSSR count). The molecular weight excluding hydrogens is 616 g/mol. The van der Waals surface area contributed by atoms with Crippen LogP contribution in [-0.2, 0) is 18.4 Å². The summed E-state index contributed by atoms with van der Waals surface area (Å²) in [6.07, 6.45) is -0.0157. The SMILES string of the molecule is COc1cc(=O)c2c(=O)c3c(c(=O)c=2c1=O)=C(O)[C@]1(CCc2c1c(O)c1c(=O)[nH]c(CN=NCC#N)cc1c2Br)C=3O. The number of aromatic nitrogens is 1. The first-order valence-electron chi connectivity index (χ1n) is 12.4. The maximum Gasteiger partial charge on any atom is 0.259 e. The summed E-state index contributed by atoms with van der Waals surface area (Å²) in [6, 6.07) is 4.13. The molecule has 4 N–H and O–H groups in total. The fourth-order valence-electron chi connectivity index (χ4n) is 6.14. The number of phenolic OH excluding ortho intramolecular Hbond substituents is 1. The number of methoxy groups -OCH3 is 1. The Kier molecular flexibility index (Phi) is 5.91. The molecule has 0 fully saturated rings. The number of rotatable bonds is 4. The van der Waals surface area contributed by atoms with E-state index in [9.17, 15) is 39.3 Å². The van der Waals surface area contributed by atoms with Crippen molar-refractivity contribution in [2.75, 3.05) is 13.7 Å². The quantitative estimate of drug-likeness (QED) is 0.171. The molecule has 210 valence electrons. The van der Waals surface area contributed by atoms with Gasteiger partial charge >= 0.3 is 0 Å². The molecule has 1 spiro atoms. The Morgan fingerprint density at radius 2 is 1.67 bits per heavy atom. The Hall–Kier alpha value is -5.16. The van der Waals surface area contributed by atoms with E-state index in [4.69, 9.17) is 10.00 Å². The zero-order chi connectivity index (χ0) is 30.2. The number of aromatic hydroxyl groups is 1. The minimum atomic E-state index is -2.01. The van der Waals surface area contributed by atoms with Crippen molar-refractivity contribution in [3.8, 4) is 17.6 Å². The maximum absolute atomic E-state index is 13.6. The average Bonchev–Trinajstić information content (AvgIpc) is 3.47. The number of benzene rings is 1. The first-order chi connectivity index (χ1) is 20.0. The minimum Gasteiger partial charge on any atom is -0.510 e. The van der Waals surface area contributed by atoms with Gasteiger partial charge in [0, 0.05) is 27.2 Å². The van der Waals surface area contributed by atoms with E-state index in [0.717, 1.165) is 13.2 Å². The van der Waals surface area contributed by atoms with Gasteiger partial charge in [-0.25, -0.2) is 0 Å². The predicted molar refractivity (Wildman–Crippen MR) is 150 cm³/mol. The molecule has 0 unspecified atom stereocenters. The number of hydrogen-bond donors (Lipinski definition) is 4. The van der Waals surface area contributed by atoms with Gasteiger partial charge in [-0.2, -0.15) is 15.5 Å². The highest BCUT2D eigenvalue weighted by Crippen LogP contribution is 2.56. The van der Waals surface area contributed by atoms with Gasteiger partial charge in [-0.3, -0.25) is 24.0 Å². The van der Waals surface area contributed by atoms with Crippen molar-refractivity contribution in [1.29, 1.82) is 5.26 Å². The average molecular weight is 633 g/mol. The van der Waals surface area contributed by atoms with Crippen molar-refractivity contribution in [3.63, 3.8) is 0 Å². The highest BCUT2D eigenvalue weighted by Gasteiger charge is 2.53. The van der Waals surface area contributed by atoms with Gasteiger partial charge in [0.2, 0.25) is 16.3 Å². The first-order valence-corrected chi connectivity index (χ1v) is 13.2. The van der Waals surface area contributed by atoms with Crippen LogP contribution in [0.15, 0.2) is 50.8 Å². The monoisotopic (exact) mass is 632 g/mol. The lowest BCUT2D eigenvalue weighted by Crippen LogP contribution is -2.51. The number of phenols is 1. The van der Waals surface area contributed by atoms with Crippen molar-refractivity contribution in [2.24, 2.45) is 10.2 Å². The van der Waals surface area contributed by atoms with Crippen LogP contribution in [0.3, 0.4) is 0 Å². The Morgan fingerprint density at radius 3 is 2.31 bits per heavy atom. The van der Waals surface area contributed by atoms with E-state index < -0.39 is 76.6 Å². The molecule has 2 aromatic rings. The number of hydrogen-bond acceptors (Lipinski definition) is 12. The summed E-state index contributed by atoms with van der Waals surface area (Å²) >= 11 is 3.47. The third-order valence-corrected chi connectivity index (χ3v) is 8.80.